The molecule has 1 amide bonds. The molecule has 0 aliphatic heterocycles. The van der Waals surface area contributed by atoms with Crippen molar-refractivity contribution in [3.05, 3.63) is 60.2 Å². The third-order valence-electron chi connectivity index (χ3n) is 2.79. The zero-order chi connectivity index (χ0) is 15.2. The van der Waals surface area contributed by atoms with Gasteiger partial charge < -0.3 is 15.8 Å². The van der Waals surface area contributed by atoms with Gasteiger partial charge in [0.2, 0.25) is 5.91 Å². The number of hydrogen-bond donors (Lipinski definition) is 2. The summed E-state index contributed by atoms with van der Waals surface area (Å²) in [6.45, 7) is -2.88. The Balaban J connectivity index is 1.99. The molecule has 0 saturated carbocycles. The fourth-order valence-corrected chi connectivity index (χ4v) is 1.75. The third kappa shape index (κ3) is 4.25. The fraction of sp³-hybridized carbons (Fsp3) is 0.133. The molecule has 0 radical (unpaired) electrons. The summed E-state index contributed by atoms with van der Waals surface area (Å²) in [6, 6.07) is 13.7. The summed E-state index contributed by atoms with van der Waals surface area (Å²) in [5.74, 6) is -0.362. The maximum atomic E-state index is 12.0. The van der Waals surface area contributed by atoms with Crippen LogP contribution in [0.4, 0.5) is 14.5 Å². The number of hydrogen-bond acceptors (Lipinski definition) is 3. The molecule has 0 fully saturated rings. The Morgan fingerprint density at radius 3 is 2.24 bits per heavy atom. The van der Waals surface area contributed by atoms with E-state index in [-0.39, 0.29) is 11.7 Å². The number of carbonyl (C=O) groups excluding carboxylic acids is 1. The SMILES string of the molecule is N[C@H](C(=O)Nc1ccc(OC(F)F)cc1)c1ccccc1. The summed E-state index contributed by atoms with van der Waals surface area (Å²) in [5.41, 5.74) is 6.99. The quantitative estimate of drug-likeness (QED) is 0.890. The highest BCUT2D eigenvalue weighted by atomic mass is 19.3. The minimum atomic E-state index is -2.88. The van der Waals surface area contributed by atoms with Gasteiger partial charge in [-0.1, -0.05) is 30.3 Å². The molecule has 2 rings (SSSR count). The minimum Gasteiger partial charge on any atom is -0.435 e. The Morgan fingerprint density at radius 1 is 1.05 bits per heavy atom. The van der Waals surface area contributed by atoms with Gasteiger partial charge in [0, 0.05) is 5.69 Å². The Hall–Kier alpha value is -2.47. The van der Waals surface area contributed by atoms with Crippen molar-refractivity contribution in [3.63, 3.8) is 0 Å². The lowest BCUT2D eigenvalue weighted by molar-refractivity contribution is -0.117. The highest BCUT2D eigenvalue weighted by Gasteiger charge is 2.15. The molecule has 21 heavy (non-hydrogen) atoms. The number of rotatable bonds is 5. The molecule has 0 aromatic heterocycles. The third-order valence-corrected chi connectivity index (χ3v) is 2.79. The second kappa shape index (κ2) is 6.81. The maximum absolute atomic E-state index is 12.0. The van der Waals surface area contributed by atoms with Gasteiger partial charge in [0.1, 0.15) is 11.8 Å². The molecule has 6 heteroatoms. The topological polar surface area (TPSA) is 64.4 Å². The number of carbonyl (C=O) groups is 1. The van der Waals surface area contributed by atoms with E-state index in [2.05, 4.69) is 10.1 Å². The molecule has 2 aromatic rings. The van der Waals surface area contributed by atoms with Crippen molar-refractivity contribution in [2.75, 3.05) is 5.32 Å². The molecule has 0 heterocycles. The number of nitrogens with two attached hydrogens (primary N) is 1. The molecule has 0 bridgehead atoms. The van der Waals surface area contributed by atoms with Crippen LogP contribution in [0.5, 0.6) is 5.75 Å². The van der Waals surface area contributed by atoms with Crippen LogP contribution in [0.15, 0.2) is 54.6 Å². The normalized spacial score (nSPS) is 12.0. The van der Waals surface area contributed by atoms with E-state index in [0.29, 0.717) is 11.3 Å². The van der Waals surface area contributed by atoms with Crippen LogP contribution in [0, 0.1) is 0 Å². The van der Waals surface area contributed by atoms with Crippen molar-refractivity contribution in [3.8, 4) is 5.75 Å². The Labute approximate surface area is 120 Å². The molecule has 0 spiro atoms. The molecular formula is C15H14F2N2O2. The maximum Gasteiger partial charge on any atom is 0.387 e. The van der Waals surface area contributed by atoms with Crippen LogP contribution < -0.4 is 15.8 Å². The van der Waals surface area contributed by atoms with E-state index in [4.69, 9.17) is 5.73 Å². The zero-order valence-corrected chi connectivity index (χ0v) is 11.0. The van der Waals surface area contributed by atoms with Crippen LogP contribution in [0.25, 0.3) is 0 Å². The Bertz CT molecular complexity index is 588. The van der Waals surface area contributed by atoms with Gasteiger partial charge in [0.05, 0.1) is 0 Å². The number of halogens is 2. The van der Waals surface area contributed by atoms with Gasteiger partial charge in [0.15, 0.2) is 0 Å². The molecule has 4 nitrogen and oxygen atoms in total. The van der Waals surface area contributed by atoms with E-state index in [1.807, 2.05) is 6.07 Å². The Morgan fingerprint density at radius 2 is 1.67 bits per heavy atom. The molecule has 0 aliphatic rings. The summed E-state index contributed by atoms with van der Waals surface area (Å²) in [4.78, 5) is 12.0. The summed E-state index contributed by atoms with van der Waals surface area (Å²) in [5, 5.41) is 2.61. The van der Waals surface area contributed by atoms with E-state index in [0.717, 1.165) is 0 Å². The first-order chi connectivity index (χ1) is 10.1. The highest BCUT2D eigenvalue weighted by molar-refractivity contribution is 5.95. The minimum absolute atomic E-state index is 0.0235. The van der Waals surface area contributed by atoms with Gasteiger partial charge in [-0.15, -0.1) is 0 Å². The van der Waals surface area contributed by atoms with Crippen LogP contribution in [0.3, 0.4) is 0 Å². The number of nitrogens with one attached hydrogen (secondary N) is 1. The van der Waals surface area contributed by atoms with E-state index in [1.165, 1.54) is 24.3 Å². The number of anilines is 1. The largest absolute Gasteiger partial charge is 0.435 e. The summed E-state index contributed by atoms with van der Waals surface area (Å²) in [6.07, 6.45) is 0. The van der Waals surface area contributed by atoms with Gasteiger partial charge in [0.25, 0.3) is 0 Å². The fourth-order valence-electron chi connectivity index (χ4n) is 1.75. The van der Waals surface area contributed by atoms with Gasteiger partial charge in [-0.2, -0.15) is 8.78 Å². The second-order valence-electron chi connectivity index (χ2n) is 4.28. The lowest BCUT2D eigenvalue weighted by Crippen LogP contribution is -2.27. The molecule has 2 aromatic carbocycles. The molecule has 1 atom stereocenters. The molecule has 0 saturated heterocycles. The van der Waals surface area contributed by atoms with Gasteiger partial charge >= 0.3 is 6.61 Å². The summed E-state index contributed by atoms with van der Waals surface area (Å²) in [7, 11) is 0. The summed E-state index contributed by atoms with van der Waals surface area (Å²) >= 11 is 0. The molecule has 3 N–H and O–H groups in total. The standard InChI is InChI=1S/C15H14F2N2O2/c16-15(17)21-12-8-6-11(7-9-12)19-14(20)13(18)10-4-2-1-3-5-10/h1-9,13,15H,18H2,(H,19,20)/t13-/m0/s1. The predicted octanol–water partition coefficient (Wildman–Crippen LogP) is 2.93. The van der Waals surface area contributed by atoms with E-state index in [9.17, 15) is 13.6 Å². The molecule has 0 unspecified atom stereocenters. The first kappa shape index (κ1) is 14.9. The van der Waals surface area contributed by atoms with Crippen LogP contribution in [-0.2, 0) is 4.79 Å². The van der Waals surface area contributed by atoms with Gasteiger partial charge in [-0.3, -0.25) is 4.79 Å². The van der Waals surface area contributed by atoms with Crippen molar-refractivity contribution in [2.24, 2.45) is 5.73 Å². The van der Waals surface area contributed by atoms with Crippen molar-refractivity contribution in [1.82, 2.24) is 0 Å². The van der Waals surface area contributed by atoms with Crippen LogP contribution in [-0.4, -0.2) is 12.5 Å². The summed E-state index contributed by atoms with van der Waals surface area (Å²) < 4.78 is 28.3. The van der Waals surface area contributed by atoms with Gasteiger partial charge in [-0.05, 0) is 29.8 Å². The number of alkyl halides is 2. The molecular weight excluding hydrogens is 278 g/mol. The van der Waals surface area contributed by atoms with Crippen molar-refractivity contribution < 1.29 is 18.3 Å². The van der Waals surface area contributed by atoms with Crippen molar-refractivity contribution >= 4 is 11.6 Å². The average molecular weight is 292 g/mol. The van der Waals surface area contributed by atoms with E-state index < -0.39 is 12.7 Å². The highest BCUT2D eigenvalue weighted by Crippen LogP contribution is 2.19. The zero-order valence-electron chi connectivity index (χ0n) is 11.0. The van der Waals surface area contributed by atoms with Crippen molar-refractivity contribution in [2.45, 2.75) is 12.7 Å². The molecule has 0 aliphatic carbocycles. The number of amides is 1. The van der Waals surface area contributed by atoms with E-state index >= 15 is 0 Å². The lowest BCUT2D eigenvalue weighted by atomic mass is 10.1. The predicted molar refractivity (Wildman–Crippen MR) is 75.1 cm³/mol. The van der Waals surface area contributed by atoms with Gasteiger partial charge in [-0.25, -0.2) is 0 Å². The Kier molecular flexibility index (Phi) is 4.84. The second-order valence-corrected chi connectivity index (χ2v) is 4.28. The molecule has 110 valence electrons. The average Bonchev–Trinajstić information content (AvgIpc) is 2.49. The monoisotopic (exact) mass is 292 g/mol. The number of ether oxygens (including phenoxy) is 1. The van der Waals surface area contributed by atoms with Crippen LogP contribution >= 0.6 is 0 Å². The van der Waals surface area contributed by atoms with E-state index in [1.54, 1.807) is 24.3 Å². The van der Waals surface area contributed by atoms with Crippen LogP contribution in [0.1, 0.15) is 11.6 Å². The van der Waals surface area contributed by atoms with Crippen molar-refractivity contribution in [1.29, 1.82) is 0 Å². The first-order valence-electron chi connectivity index (χ1n) is 6.22. The number of benzene rings is 2. The van der Waals surface area contributed by atoms with Crippen LogP contribution in [0.2, 0.25) is 0 Å². The lowest BCUT2D eigenvalue weighted by Gasteiger charge is -2.13. The smallest absolute Gasteiger partial charge is 0.387 e. The first-order valence-corrected chi connectivity index (χ1v) is 6.22.